The number of aliphatic hydroxyl groups is 1. The predicted molar refractivity (Wildman–Crippen MR) is 77.4 cm³/mol. The van der Waals surface area contributed by atoms with Crippen LogP contribution in [0.3, 0.4) is 0 Å². The van der Waals surface area contributed by atoms with Gasteiger partial charge in [-0.15, -0.1) is 0 Å². The summed E-state index contributed by atoms with van der Waals surface area (Å²) in [6.45, 7) is 7.66. The van der Waals surface area contributed by atoms with Gasteiger partial charge >= 0.3 is 6.03 Å². The van der Waals surface area contributed by atoms with E-state index in [2.05, 4.69) is 37.4 Å². The zero-order valence-corrected chi connectivity index (χ0v) is 12.1. The van der Waals surface area contributed by atoms with Gasteiger partial charge in [0.05, 0.1) is 6.61 Å². The number of likely N-dealkylation sites (N-methyl/N-ethyl adjacent to an activating group) is 1. The average Bonchev–Trinajstić information content (AvgIpc) is 2.34. The van der Waals surface area contributed by atoms with E-state index in [4.69, 9.17) is 5.11 Å². The number of benzene rings is 1. The number of hydrogen-bond donors (Lipinski definition) is 2. The van der Waals surface area contributed by atoms with Crippen molar-refractivity contribution in [3.05, 3.63) is 34.9 Å². The summed E-state index contributed by atoms with van der Waals surface area (Å²) in [5.74, 6) is 0. The highest BCUT2D eigenvalue weighted by molar-refractivity contribution is 5.74. The van der Waals surface area contributed by atoms with Gasteiger partial charge in [0.1, 0.15) is 0 Å². The van der Waals surface area contributed by atoms with Crippen LogP contribution in [0.4, 0.5) is 4.79 Å². The molecule has 0 heterocycles. The van der Waals surface area contributed by atoms with Crippen LogP contribution >= 0.6 is 0 Å². The molecule has 0 aliphatic rings. The van der Waals surface area contributed by atoms with E-state index >= 15 is 0 Å². The summed E-state index contributed by atoms with van der Waals surface area (Å²) in [5, 5.41) is 11.7. The summed E-state index contributed by atoms with van der Waals surface area (Å²) in [6, 6.07) is 6.32. The Bertz CT molecular complexity index is 398. The first-order valence-electron chi connectivity index (χ1n) is 6.77. The maximum atomic E-state index is 11.8. The van der Waals surface area contributed by atoms with Gasteiger partial charge in [0.2, 0.25) is 0 Å². The van der Waals surface area contributed by atoms with Crippen LogP contribution in [-0.4, -0.2) is 42.3 Å². The Morgan fingerprint density at radius 2 is 1.89 bits per heavy atom. The van der Waals surface area contributed by atoms with E-state index in [1.54, 1.807) is 4.90 Å². The van der Waals surface area contributed by atoms with Gasteiger partial charge in [-0.3, -0.25) is 0 Å². The van der Waals surface area contributed by atoms with Crippen molar-refractivity contribution in [3.63, 3.8) is 0 Å². The largest absolute Gasteiger partial charge is 0.395 e. The van der Waals surface area contributed by atoms with Gasteiger partial charge in [0, 0.05) is 19.6 Å². The van der Waals surface area contributed by atoms with Gasteiger partial charge in [0.25, 0.3) is 0 Å². The molecule has 0 bridgehead atoms. The minimum Gasteiger partial charge on any atom is -0.395 e. The van der Waals surface area contributed by atoms with Crippen molar-refractivity contribution in [2.45, 2.75) is 27.2 Å². The number of carbonyl (C=O) groups is 1. The molecule has 106 valence electrons. The average molecular weight is 264 g/mol. The normalized spacial score (nSPS) is 10.3. The summed E-state index contributed by atoms with van der Waals surface area (Å²) in [7, 11) is 0. The van der Waals surface area contributed by atoms with Gasteiger partial charge in [0.15, 0.2) is 0 Å². The molecule has 0 unspecified atom stereocenters. The van der Waals surface area contributed by atoms with E-state index in [-0.39, 0.29) is 12.6 Å². The summed E-state index contributed by atoms with van der Waals surface area (Å²) >= 11 is 0. The maximum absolute atomic E-state index is 11.8. The van der Waals surface area contributed by atoms with Crippen molar-refractivity contribution < 1.29 is 9.90 Å². The highest BCUT2D eigenvalue weighted by Gasteiger charge is 2.09. The zero-order chi connectivity index (χ0) is 14.3. The summed E-state index contributed by atoms with van der Waals surface area (Å²) < 4.78 is 0. The molecule has 0 atom stereocenters. The molecule has 0 aliphatic heterocycles. The van der Waals surface area contributed by atoms with E-state index in [9.17, 15) is 4.79 Å². The Labute approximate surface area is 115 Å². The monoisotopic (exact) mass is 264 g/mol. The number of rotatable bonds is 6. The third-order valence-electron chi connectivity index (χ3n) is 3.01. The third kappa shape index (κ3) is 5.30. The molecule has 4 nitrogen and oxygen atoms in total. The van der Waals surface area contributed by atoms with Crippen molar-refractivity contribution >= 4 is 6.03 Å². The van der Waals surface area contributed by atoms with Crippen molar-refractivity contribution in [1.82, 2.24) is 10.2 Å². The molecule has 0 spiro atoms. The minimum atomic E-state index is -0.110. The van der Waals surface area contributed by atoms with Crippen molar-refractivity contribution in [1.29, 1.82) is 0 Å². The number of nitrogens with one attached hydrogen (secondary N) is 1. The molecule has 2 amide bonds. The quantitative estimate of drug-likeness (QED) is 0.824. The van der Waals surface area contributed by atoms with E-state index in [1.165, 1.54) is 16.7 Å². The maximum Gasteiger partial charge on any atom is 0.317 e. The number of urea groups is 1. The van der Waals surface area contributed by atoms with Crippen LogP contribution in [0.15, 0.2) is 18.2 Å². The molecular formula is C15H24N2O2. The molecule has 0 saturated carbocycles. The first-order chi connectivity index (χ1) is 9.06. The highest BCUT2D eigenvalue weighted by atomic mass is 16.3. The molecule has 0 aromatic heterocycles. The van der Waals surface area contributed by atoms with Crippen LogP contribution in [0.25, 0.3) is 0 Å². The van der Waals surface area contributed by atoms with E-state index < -0.39 is 0 Å². The van der Waals surface area contributed by atoms with Crippen molar-refractivity contribution in [2.24, 2.45) is 0 Å². The highest BCUT2D eigenvalue weighted by Crippen LogP contribution is 2.09. The molecular weight excluding hydrogens is 240 g/mol. The lowest BCUT2D eigenvalue weighted by Gasteiger charge is -2.20. The van der Waals surface area contributed by atoms with Gasteiger partial charge in [-0.05, 0) is 32.8 Å². The van der Waals surface area contributed by atoms with Crippen molar-refractivity contribution in [3.8, 4) is 0 Å². The Hall–Kier alpha value is -1.55. The second kappa shape index (κ2) is 7.79. The van der Waals surface area contributed by atoms with Crippen LogP contribution in [0.5, 0.6) is 0 Å². The Morgan fingerprint density at radius 1 is 1.26 bits per heavy atom. The topological polar surface area (TPSA) is 52.6 Å². The van der Waals surface area contributed by atoms with Crippen LogP contribution < -0.4 is 5.32 Å². The lowest BCUT2D eigenvalue weighted by atomic mass is 10.1. The van der Waals surface area contributed by atoms with Crippen LogP contribution in [0.2, 0.25) is 0 Å². The SMILES string of the molecule is CCN(CCO)C(=O)NCCc1cc(C)cc(C)c1. The van der Waals surface area contributed by atoms with Gasteiger partial charge in [-0.2, -0.15) is 0 Å². The number of aryl methyl sites for hydroxylation is 2. The first-order valence-corrected chi connectivity index (χ1v) is 6.77. The molecule has 1 aromatic rings. The molecule has 19 heavy (non-hydrogen) atoms. The Balaban J connectivity index is 2.43. The Morgan fingerprint density at radius 3 is 2.42 bits per heavy atom. The molecule has 0 fully saturated rings. The summed E-state index contributed by atoms with van der Waals surface area (Å²) in [5.41, 5.74) is 3.73. The van der Waals surface area contributed by atoms with Crippen molar-refractivity contribution in [2.75, 3.05) is 26.2 Å². The molecule has 1 aromatic carbocycles. The lowest BCUT2D eigenvalue weighted by molar-refractivity contribution is 0.180. The third-order valence-corrected chi connectivity index (χ3v) is 3.01. The first kappa shape index (κ1) is 15.5. The second-order valence-electron chi connectivity index (χ2n) is 4.78. The fraction of sp³-hybridized carbons (Fsp3) is 0.533. The number of carbonyl (C=O) groups excluding carboxylic acids is 1. The standard InChI is InChI=1S/C15H24N2O2/c1-4-17(7-8-18)15(19)16-6-5-14-10-12(2)9-13(3)11-14/h9-11,18H,4-8H2,1-3H3,(H,16,19). The number of hydrogen-bond acceptors (Lipinski definition) is 2. The number of aliphatic hydroxyl groups excluding tert-OH is 1. The fourth-order valence-electron chi connectivity index (χ4n) is 2.16. The lowest BCUT2D eigenvalue weighted by Crippen LogP contribution is -2.42. The molecule has 1 rings (SSSR count). The fourth-order valence-corrected chi connectivity index (χ4v) is 2.16. The Kier molecular flexibility index (Phi) is 6.36. The summed E-state index contributed by atoms with van der Waals surface area (Å²) in [6.07, 6.45) is 0.824. The number of amides is 2. The predicted octanol–water partition coefficient (Wildman–Crippen LogP) is 1.87. The molecule has 0 radical (unpaired) electrons. The minimum absolute atomic E-state index is 0.00165. The zero-order valence-electron chi connectivity index (χ0n) is 12.1. The van der Waals surface area contributed by atoms with Crippen LogP contribution in [-0.2, 0) is 6.42 Å². The van der Waals surface area contributed by atoms with Gasteiger partial charge in [-0.25, -0.2) is 4.79 Å². The van der Waals surface area contributed by atoms with Gasteiger partial charge < -0.3 is 15.3 Å². The molecule has 0 saturated heterocycles. The van der Waals surface area contributed by atoms with Crippen LogP contribution in [0.1, 0.15) is 23.6 Å². The molecule has 2 N–H and O–H groups in total. The second-order valence-corrected chi connectivity index (χ2v) is 4.78. The van der Waals surface area contributed by atoms with E-state index in [0.717, 1.165) is 6.42 Å². The summed E-state index contributed by atoms with van der Waals surface area (Å²) in [4.78, 5) is 13.4. The van der Waals surface area contributed by atoms with Gasteiger partial charge in [-0.1, -0.05) is 29.3 Å². The van der Waals surface area contributed by atoms with E-state index in [0.29, 0.717) is 19.6 Å². The smallest absolute Gasteiger partial charge is 0.317 e. The number of nitrogens with zero attached hydrogens (tertiary/aromatic N) is 1. The molecule has 4 heteroatoms. The van der Waals surface area contributed by atoms with Crippen LogP contribution in [0, 0.1) is 13.8 Å². The van der Waals surface area contributed by atoms with E-state index in [1.807, 2.05) is 6.92 Å². The molecule has 0 aliphatic carbocycles.